The van der Waals surface area contributed by atoms with Crippen molar-refractivity contribution in [1.82, 2.24) is 5.32 Å². The number of methoxy groups -OCH3 is 1. The Bertz CT molecular complexity index is 416. The lowest BCUT2D eigenvalue weighted by Crippen LogP contribution is -2.40. The minimum absolute atomic E-state index is 0.0811. The summed E-state index contributed by atoms with van der Waals surface area (Å²) in [5, 5.41) is 5.90. The van der Waals surface area contributed by atoms with Crippen LogP contribution in [0.15, 0.2) is 24.3 Å². The van der Waals surface area contributed by atoms with Gasteiger partial charge in [-0.15, -0.1) is 0 Å². The third kappa shape index (κ3) is 6.04. The van der Waals surface area contributed by atoms with Crippen LogP contribution in [0.2, 0.25) is 0 Å². The molecule has 0 fully saturated rings. The molecule has 0 saturated heterocycles. The zero-order valence-electron chi connectivity index (χ0n) is 12.7. The number of carbonyl (C=O) groups is 1. The second-order valence-corrected chi connectivity index (χ2v) is 5.07. The van der Waals surface area contributed by atoms with Crippen LogP contribution in [0.3, 0.4) is 0 Å². The Hall–Kier alpha value is -1.59. The smallest absolute Gasteiger partial charge is 0.238 e. The van der Waals surface area contributed by atoms with Crippen LogP contribution in [-0.2, 0) is 9.53 Å². The predicted molar refractivity (Wildman–Crippen MR) is 80.2 cm³/mol. The number of rotatable bonds is 8. The molecule has 0 unspecified atom stereocenters. The van der Waals surface area contributed by atoms with Gasteiger partial charge in [-0.05, 0) is 45.0 Å². The molecule has 0 saturated carbocycles. The highest BCUT2D eigenvalue weighted by atomic mass is 16.5. The van der Waals surface area contributed by atoms with Gasteiger partial charge in [0.2, 0.25) is 5.91 Å². The number of benzene rings is 1. The molecule has 1 aromatic rings. The number of ether oxygens (including phenoxy) is 2. The first kappa shape index (κ1) is 16.5. The number of hydrogen-bond donors (Lipinski definition) is 2. The van der Waals surface area contributed by atoms with E-state index in [4.69, 9.17) is 9.47 Å². The molecule has 5 heteroatoms. The Morgan fingerprint density at radius 2 is 1.90 bits per heavy atom. The van der Waals surface area contributed by atoms with E-state index in [9.17, 15) is 4.79 Å². The molecule has 0 aromatic heterocycles. The summed E-state index contributed by atoms with van der Waals surface area (Å²) in [6.45, 7) is 7.47. The van der Waals surface area contributed by atoms with E-state index in [-0.39, 0.29) is 18.1 Å². The van der Waals surface area contributed by atoms with Gasteiger partial charge in [0.15, 0.2) is 0 Å². The van der Waals surface area contributed by atoms with Crippen LogP contribution in [0.4, 0.5) is 5.69 Å². The molecule has 0 atom stereocenters. The molecule has 0 radical (unpaired) electrons. The van der Waals surface area contributed by atoms with E-state index in [2.05, 4.69) is 10.6 Å². The maximum absolute atomic E-state index is 11.8. The molecule has 1 amide bonds. The Morgan fingerprint density at radius 1 is 1.25 bits per heavy atom. The summed E-state index contributed by atoms with van der Waals surface area (Å²) in [6, 6.07) is 7.23. The van der Waals surface area contributed by atoms with Crippen LogP contribution >= 0.6 is 0 Å². The van der Waals surface area contributed by atoms with Crippen molar-refractivity contribution in [3.05, 3.63) is 24.3 Å². The first-order valence-corrected chi connectivity index (χ1v) is 6.75. The topological polar surface area (TPSA) is 59.6 Å². The van der Waals surface area contributed by atoms with Crippen LogP contribution in [-0.4, -0.2) is 38.3 Å². The summed E-state index contributed by atoms with van der Waals surface area (Å²) < 4.78 is 10.6. The fraction of sp³-hybridized carbons (Fsp3) is 0.533. The van der Waals surface area contributed by atoms with E-state index in [0.29, 0.717) is 13.2 Å². The highest BCUT2D eigenvalue weighted by Gasteiger charge is 2.17. The molecule has 20 heavy (non-hydrogen) atoms. The van der Waals surface area contributed by atoms with Gasteiger partial charge < -0.3 is 20.1 Å². The number of nitrogens with one attached hydrogen (secondary N) is 2. The molecule has 1 aromatic carbocycles. The lowest BCUT2D eigenvalue weighted by Gasteiger charge is -2.24. The molecule has 0 aliphatic heterocycles. The number of amides is 1. The average Bonchev–Trinajstić information content (AvgIpc) is 2.39. The summed E-state index contributed by atoms with van der Waals surface area (Å²) in [7, 11) is 1.61. The molecule has 5 nitrogen and oxygen atoms in total. The summed E-state index contributed by atoms with van der Waals surface area (Å²) in [6.07, 6.45) is 0. The second-order valence-electron chi connectivity index (χ2n) is 5.07. The summed E-state index contributed by atoms with van der Waals surface area (Å²) in [5.41, 5.74) is 0.483. The molecule has 112 valence electrons. The Balaban J connectivity index is 2.32. The molecule has 0 aliphatic rings. The zero-order valence-corrected chi connectivity index (χ0v) is 12.7. The SMILES string of the molecule is CCOC(C)(C)CNCC(=O)Nc1ccc(OC)cc1. The van der Waals surface area contributed by atoms with Crippen molar-refractivity contribution in [2.75, 3.05) is 32.1 Å². The van der Waals surface area contributed by atoms with Gasteiger partial charge in [0.1, 0.15) is 5.75 Å². The average molecular weight is 280 g/mol. The molecule has 0 heterocycles. The molecular formula is C15H24N2O3. The number of anilines is 1. The predicted octanol–water partition coefficient (Wildman–Crippen LogP) is 2.04. The van der Waals surface area contributed by atoms with Crippen molar-refractivity contribution in [2.45, 2.75) is 26.4 Å². The van der Waals surface area contributed by atoms with Crippen molar-refractivity contribution in [2.24, 2.45) is 0 Å². The number of carbonyl (C=O) groups excluding carboxylic acids is 1. The van der Waals surface area contributed by atoms with Gasteiger partial charge in [-0.1, -0.05) is 0 Å². The molecule has 0 aliphatic carbocycles. The van der Waals surface area contributed by atoms with E-state index >= 15 is 0 Å². The van der Waals surface area contributed by atoms with Crippen molar-refractivity contribution < 1.29 is 14.3 Å². The van der Waals surface area contributed by atoms with Gasteiger partial charge in [-0.3, -0.25) is 4.79 Å². The van der Waals surface area contributed by atoms with Gasteiger partial charge in [-0.2, -0.15) is 0 Å². The highest BCUT2D eigenvalue weighted by Crippen LogP contribution is 2.14. The van der Waals surface area contributed by atoms with Crippen molar-refractivity contribution in [3.8, 4) is 5.75 Å². The summed E-state index contributed by atoms with van der Waals surface area (Å²) >= 11 is 0. The van der Waals surface area contributed by atoms with Crippen LogP contribution in [0, 0.1) is 0 Å². The normalized spacial score (nSPS) is 11.2. The summed E-state index contributed by atoms with van der Waals surface area (Å²) in [4.78, 5) is 11.8. The van der Waals surface area contributed by atoms with Gasteiger partial charge in [-0.25, -0.2) is 0 Å². The Kier molecular flexibility index (Phi) is 6.48. The van der Waals surface area contributed by atoms with E-state index in [1.807, 2.05) is 20.8 Å². The van der Waals surface area contributed by atoms with E-state index in [1.54, 1.807) is 31.4 Å². The molecule has 0 spiro atoms. The van der Waals surface area contributed by atoms with Crippen LogP contribution in [0.1, 0.15) is 20.8 Å². The fourth-order valence-corrected chi connectivity index (χ4v) is 1.80. The van der Waals surface area contributed by atoms with Crippen molar-refractivity contribution in [1.29, 1.82) is 0 Å². The third-order valence-corrected chi connectivity index (χ3v) is 2.75. The van der Waals surface area contributed by atoms with Gasteiger partial charge in [0, 0.05) is 18.8 Å². The molecule has 1 rings (SSSR count). The highest BCUT2D eigenvalue weighted by molar-refractivity contribution is 5.92. The Morgan fingerprint density at radius 3 is 2.45 bits per heavy atom. The first-order chi connectivity index (χ1) is 9.46. The van der Waals surface area contributed by atoms with Crippen molar-refractivity contribution in [3.63, 3.8) is 0 Å². The zero-order chi connectivity index (χ0) is 15.0. The van der Waals surface area contributed by atoms with Crippen molar-refractivity contribution >= 4 is 11.6 Å². The summed E-state index contributed by atoms with van der Waals surface area (Å²) in [5.74, 6) is 0.682. The largest absolute Gasteiger partial charge is 0.497 e. The van der Waals surface area contributed by atoms with E-state index < -0.39 is 0 Å². The maximum Gasteiger partial charge on any atom is 0.238 e. The number of hydrogen-bond acceptors (Lipinski definition) is 4. The minimum atomic E-state index is -0.269. The first-order valence-electron chi connectivity index (χ1n) is 6.75. The molecular weight excluding hydrogens is 256 g/mol. The Labute approximate surface area is 120 Å². The lowest BCUT2D eigenvalue weighted by molar-refractivity contribution is -0.115. The minimum Gasteiger partial charge on any atom is -0.497 e. The second kappa shape index (κ2) is 7.87. The lowest BCUT2D eigenvalue weighted by atomic mass is 10.1. The maximum atomic E-state index is 11.8. The quantitative estimate of drug-likeness (QED) is 0.765. The van der Waals surface area contributed by atoms with Gasteiger partial charge in [0.05, 0.1) is 19.3 Å². The standard InChI is InChI=1S/C15H24N2O3/c1-5-20-15(2,3)11-16-10-14(18)17-12-6-8-13(19-4)9-7-12/h6-9,16H,5,10-11H2,1-4H3,(H,17,18). The van der Waals surface area contributed by atoms with Gasteiger partial charge >= 0.3 is 0 Å². The molecule has 2 N–H and O–H groups in total. The third-order valence-electron chi connectivity index (χ3n) is 2.75. The van der Waals surface area contributed by atoms with Crippen LogP contribution < -0.4 is 15.4 Å². The van der Waals surface area contributed by atoms with Crippen LogP contribution in [0.25, 0.3) is 0 Å². The monoisotopic (exact) mass is 280 g/mol. The van der Waals surface area contributed by atoms with Crippen LogP contribution in [0.5, 0.6) is 5.75 Å². The van der Waals surface area contributed by atoms with Gasteiger partial charge in [0.25, 0.3) is 0 Å². The fourth-order valence-electron chi connectivity index (χ4n) is 1.80. The molecule has 0 bridgehead atoms. The van der Waals surface area contributed by atoms with E-state index in [1.165, 1.54) is 0 Å². The van der Waals surface area contributed by atoms with E-state index in [0.717, 1.165) is 11.4 Å².